The third-order valence-corrected chi connectivity index (χ3v) is 7.86. The van der Waals surface area contributed by atoms with Crippen LogP contribution in [-0.4, -0.2) is 29.3 Å². The highest BCUT2D eigenvalue weighted by Crippen LogP contribution is 2.36. The molecule has 7 nitrogen and oxygen atoms in total. The fraction of sp³-hybridized carbons (Fsp3) is 0. The lowest BCUT2D eigenvalue weighted by molar-refractivity contribution is 0.599. The van der Waals surface area contributed by atoms with Crippen molar-refractivity contribution in [3.8, 4) is 0 Å². The molecule has 3 aromatic heterocycles. The maximum absolute atomic E-state index is 13.3. The number of hydrogen-bond acceptors (Lipinski definition) is 7. The standard InChI is InChI=1S/C21H14FN5O2S2/c22-14-9-7-13(8-10-14)12-24-27-20(23)19(31(28,29)17-6-3-11-30-17)18-21(27)26-16-5-2-1-4-15(16)25-18/h1-12H,23H2/b24-12+. The van der Waals surface area contributed by atoms with E-state index in [1.54, 1.807) is 41.8 Å². The molecule has 3 heterocycles. The summed E-state index contributed by atoms with van der Waals surface area (Å²) in [5.41, 5.74) is 8.37. The molecule has 5 rings (SSSR count). The molecule has 0 spiro atoms. The number of nitrogen functional groups attached to an aromatic ring is 1. The topological polar surface area (TPSA) is 103 Å². The number of hydrogen-bond donors (Lipinski definition) is 1. The maximum atomic E-state index is 13.3. The van der Waals surface area contributed by atoms with Crippen LogP contribution in [0.5, 0.6) is 0 Å². The highest BCUT2D eigenvalue weighted by Gasteiger charge is 2.31. The van der Waals surface area contributed by atoms with E-state index in [-0.39, 0.29) is 31.9 Å². The van der Waals surface area contributed by atoms with E-state index in [0.717, 1.165) is 11.3 Å². The van der Waals surface area contributed by atoms with Crippen molar-refractivity contribution in [3.05, 3.63) is 77.4 Å². The Morgan fingerprint density at radius 2 is 1.71 bits per heavy atom. The molecule has 0 bridgehead atoms. The van der Waals surface area contributed by atoms with Crippen molar-refractivity contribution in [2.45, 2.75) is 9.10 Å². The molecule has 0 saturated carbocycles. The van der Waals surface area contributed by atoms with Crippen LogP contribution in [0.25, 0.3) is 22.2 Å². The van der Waals surface area contributed by atoms with Crippen LogP contribution in [0, 0.1) is 5.82 Å². The van der Waals surface area contributed by atoms with Crippen molar-refractivity contribution in [1.29, 1.82) is 0 Å². The lowest BCUT2D eigenvalue weighted by Gasteiger charge is -2.02. The second-order valence-electron chi connectivity index (χ2n) is 6.64. The predicted octanol–water partition coefficient (Wildman–Crippen LogP) is 4.08. The van der Waals surface area contributed by atoms with Gasteiger partial charge in [-0.3, -0.25) is 0 Å². The molecule has 0 saturated heterocycles. The van der Waals surface area contributed by atoms with Crippen LogP contribution >= 0.6 is 11.3 Å². The molecule has 0 fully saturated rings. The number of sulfone groups is 1. The van der Waals surface area contributed by atoms with Gasteiger partial charge in [0.1, 0.15) is 26.3 Å². The molecular formula is C21H14FN5O2S2. The van der Waals surface area contributed by atoms with Crippen LogP contribution in [-0.2, 0) is 9.84 Å². The molecular weight excluding hydrogens is 437 g/mol. The first kappa shape index (κ1) is 19.3. The first-order valence-electron chi connectivity index (χ1n) is 9.10. The number of nitrogens with two attached hydrogens (primary N) is 1. The van der Waals surface area contributed by atoms with Crippen LogP contribution in [0.4, 0.5) is 10.2 Å². The first-order valence-corrected chi connectivity index (χ1v) is 11.5. The summed E-state index contributed by atoms with van der Waals surface area (Å²) < 4.78 is 41.3. The van der Waals surface area contributed by atoms with Crippen LogP contribution in [0.15, 0.2) is 80.2 Å². The van der Waals surface area contributed by atoms with Gasteiger partial charge in [-0.25, -0.2) is 22.8 Å². The van der Waals surface area contributed by atoms with Crippen molar-refractivity contribution >= 4 is 55.4 Å². The summed E-state index contributed by atoms with van der Waals surface area (Å²) >= 11 is 1.09. The summed E-state index contributed by atoms with van der Waals surface area (Å²) in [5, 5.41) is 6.01. The zero-order valence-electron chi connectivity index (χ0n) is 15.8. The number of fused-ring (bicyclic) bond motifs is 2. The number of para-hydroxylation sites is 2. The van der Waals surface area contributed by atoms with Crippen molar-refractivity contribution in [1.82, 2.24) is 14.6 Å². The molecule has 2 aromatic carbocycles. The minimum Gasteiger partial charge on any atom is -0.382 e. The number of benzene rings is 2. The fourth-order valence-electron chi connectivity index (χ4n) is 3.19. The Morgan fingerprint density at radius 1 is 1.00 bits per heavy atom. The van der Waals surface area contributed by atoms with E-state index in [1.807, 2.05) is 6.07 Å². The zero-order valence-corrected chi connectivity index (χ0v) is 17.4. The number of halogens is 1. The minimum atomic E-state index is -3.94. The Bertz CT molecular complexity index is 1560. The van der Waals surface area contributed by atoms with Crippen LogP contribution in [0.1, 0.15) is 5.56 Å². The predicted molar refractivity (Wildman–Crippen MR) is 119 cm³/mol. The van der Waals surface area contributed by atoms with Gasteiger partial charge in [-0.2, -0.15) is 9.78 Å². The van der Waals surface area contributed by atoms with E-state index >= 15 is 0 Å². The number of aromatic nitrogens is 3. The van der Waals surface area contributed by atoms with E-state index < -0.39 is 9.84 Å². The van der Waals surface area contributed by atoms with Gasteiger partial charge in [0.2, 0.25) is 9.84 Å². The first-order chi connectivity index (χ1) is 14.9. The van der Waals surface area contributed by atoms with Crippen LogP contribution < -0.4 is 5.73 Å². The Morgan fingerprint density at radius 3 is 2.39 bits per heavy atom. The van der Waals surface area contributed by atoms with Crippen molar-refractivity contribution in [2.24, 2.45) is 5.10 Å². The molecule has 0 aliphatic heterocycles. The quantitative estimate of drug-likeness (QED) is 0.415. The van der Waals surface area contributed by atoms with Crippen molar-refractivity contribution < 1.29 is 12.8 Å². The average Bonchev–Trinajstić information content (AvgIpc) is 3.39. The summed E-state index contributed by atoms with van der Waals surface area (Å²) in [6, 6.07) is 16.0. The Hall–Kier alpha value is -3.63. The maximum Gasteiger partial charge on any atom is 0.221 e. The number of anilines is 1. The van der Waals surface area contributed by atoms with E-state index in [0.29, 0.717) is 16.6 Å². The van der Waals surface area contributed by atoms with E-state index in [9.17, 15) is 12.8 Å². The van der Waals surface area contributed by atoms with E-state index in [1.165, 1.54) is 29.1 Å². The second-order valence-corrected chi connectivity index (χ2v) is 9.70. The van der Waals surface area contributed by atoms with Crippen LogP contribution in [0.3, 0.4) is 0 Å². The highest BCUT2D eigenvalue weighted by atomic mass is 32.2. The minimum absolute atomic E-state index is 0.0999. The highest BCUT2D eigenvalue weighted by molar-refractivity contribution is 7.93. The van der Waals surface area contributed by atoms with Crippen molar-refractivity contribution in [2.75, 3.05) is 5.73 Å². The third kappa shape index (κ3) is 3.25. The molecule has 154 valence electrons. The zero-order chi connectivity index (χ0) is 21.6. The molecule has 0 amide bonds. The number of rotatable bonds is 4. The molecule has 0 radical (unpaired) electrons. The van der Waals surface area contributed by atoms with Gasteiger partial charge in [0.25, 0.3) is 0 Å². The van der Waals surface area contributed by atoms with Crippen LogP contribution in [0.2, 0.25) is 0 Å². The van der Waals surface area contributed by atoms with Gasteiger partial charge < -0.3 is 5.73 Å². The molecule has 0 unspecified atom stereocenters. The van der Waals surface area contributed by atoms with Gasteiger partial charge in [-0.05, 0) is 41.3 Å². The Balaban J connectivity index is 1.80. The molecule has 0 aliphatic carbocycles. The van der Waals surface area contributed by atoms with Gasteiger partial charge in [0.15, 0.2) is 5.65 Å². The lowest BCUT2D eigenvalue weighted by atomic mass is 10.2. The second kappa shape index (κ2) is 7.25. The van der Waals surface area contributed by atoms with Gasteiger partial charge in [-0.1, -0.05) is 30.3 Å². The normalized spacial score (nSPS) is 12.3. The van der Waals surface area contributed by atoms with Gasteiger partial charge in [-0.15, -0.1) is 11.3 Å². The summed E-state index contributed by atoms with van der Waals surface area (Å²) in [6.45, 7) is 0. The molecule has 5 aromatic rings. The summed E-state index contributed by atoms with van der Waals surface area (Å²) in [6.07, 6.45) is 1.45. The molecule has 2 N–H and O–H groups in total. The van der Waals surface area contributed by atoms with E-state index in [4.69, 9.17) is 5.73 Å². The number of thiophene rings is 1. The monoisotopic (exact) mass is 451 g/mol. The van der Waals surface area contributed by atoms with Gasteiger partial charge in [0, 0.05) is 0 Å². The van der Waals surface area contributed by atoms with Crippen molar-refractivity contribution in [3.63, 3.8) is 0 Å². The smallest absolute Gasteiger partial charge is 0.221 e. The lowest BCUT2D eigenvalue weighted by Crippen LogP contribution is -2.05. The summed E-state index contributed by atoms with van der Waals surface area (Å²) in [5.74, 6) is -0.471. The van der Waals surface area contributed by atoms with Gasteiger partial charge in [0.05, 0.1) is 17.2 Å². The average molecular weight is 452 g/mol. The molecule has 0 atom stereocenters. The number of nitrogens with zero attached hydrogens (tertiary/aromatic N) is 4. The molecule has 10 heteroatoms. The summed E-state index contributed by atoms with van der Waals surface area (Å²) in [4.78, 5) is 8.97. The van der Waals surface area contributed by atoms with Gasteiger partial charge >= 0.3 is 0 Å². The Kier molecular flexibility index (Phi) is 4.53. The Labute approximate surface area is 180 Å². The van der Waals surface area contributed by atoms with E-state index in [2.05, 4.69) is 15.1 Å². The fourth-order valence-corrected chi connectivity index (χ4v) is 5.78. The third-order valence-electron chi connectivity index (χ3n) is 4.65. The SMILES string of the molecule is Nc1c(S(=O)(=O)c2cccs2)c2nc3ccccc3nc2n1/N=C/c1ccc(F)cc1. The molecule has 0 aliphatic rings. The molecule has 31 heavy (non-hydrogen) atoms. The largest absolute Gasteiger partial charge is 0.382 e. The summed E-state index contributed by atoms with van der Waals surface area (Å²) in [7, 11) is -3.94.